The maximum absolute atomic E-state index is 2.60. The van der Waals surface area contributed by atoms with Gasteiger partial charge in [0.1, 0.15) is 0 Å². The molecule has 9 aliphatic carbocycles. The van der Waals surface area contributed by atoms with Crippen LogP contribution in [0.1, 0.15) is 51.9 Å². The first kappa shape index (κ1) is 10.8. The minimum atomic E-state index is 0.930. The Morgan fingerprint density at radius 3 is 2.64 bits per heavy atom. The van der Waals surface area contributed by atoms with Crippen LogP contribution in [0.3, 0.4) is 0 Å². The molecule has 9 rings (SSSR count). The molecule has 14 atom stereocenters. The molecule has 0 aliphatic heterocycles. The number of hydrogen-bond donors (Lipinski definition) is 0. The molecule has 0 nitrogen and oxygen atoms in total. The molecule has 0 saturated heterocycles. The van der Waals surface area contributed by atoms with Gasteiger partial charge in [0.2, 0.25) is 0 Å². The second kappa shape index (κ2) is 2.50. The molecule has 0 heterocycles. The van der Waals surface area contributed by atoms with E-state index < -0.39 is 0 Å². The third-order valence-corrected chi connectivity index (χ3v) is 13.1. The maximum Gasteiger partial charge on any atom is -0.0128 e. The third-order valence-electron chi connectivity index (χ3n) is 13.1. The fourth-order valence-electron chi connectivity index (χ4n) is 13.8. The fourth-order valence-corrected chi connectivity index (χ4v) is 13.8. The summed E-state index contributed by atoms with van der Waals surface area (Å²) in [7, 11) is 0. The van der Waals surface area contributed by atoms with Crippen molar-refractivity contribution in [3.63, 3.8) is 0 Å². The molecular weight excluding hydrogens is 264 g/mol. The van der Waals surface area contributed by atoms with Crippen LogP contribution in [-0.4, -0.2) is 0 Å². The number of hydrogen-bond acceptors (Lipinski definition) is 0. The predicted molar refractivity (Wildman–Crippen MR) is 83.7 cm³/mol. The van der Waals surface area contributed by atoms with E-state index in [4.69, 9.17) is 0 Å². The predicted octanol–water partition coefficient (Wildman–Crippen LogP) is 4.60. The zero-order chi connectivity index (χ0) is 13.8. The van der Waals surface area contributed by atoms with E-state index in [-0.39, 0.29) is 0 Å². The highest BCUT2D eigenvalue weighted by Crippen LogP contribution is 3.08. The van der Waals surface area contributed by atoms with E-state index in [1.165, 1.54) is 65.1 Å². The topological polar surface area (TPSA) is 0 Å². The van der Waals surface area contributed by atoms with Crippen LogP contribution in [0, 0.1) is 81.3 Å². The van der Waals surface area contributed by atoms with Crippen molar-refractivity contribution in [2.75, 3.05) is 0 Å². The Kier molecular flexibility index (Phi) is 1.22. The largest absolute Gasteiger partial charge is 0.0648 e. The van der Waals surface area contributed by atoms with Crippen LogP contribution in [0.25, 0.3) is 0 Å². The molecule has 9 saturated carbocycles. The Labute approximate surface area is 133 Å². The molecule has 1 spiro atoms. The third kappa shape index (κ3) is 0.565. The maximum atomic E-state index is 2.60. The molecular formula is C22H28. The number of rotatable bonds is 1. The van der Waals surface area contributed by atoms with Crippen molar-refractivity contribution >= 4 is 0 Å². The first-order valence-electron chi connectivity index (χ1n) is 10.8. The van der Waals surface area contributed by atoms with Crippen molar-refractivity contribution in [3.8, 4) is 0 Å². The van der Waals surface area contributed by atoms with E-state index >= 15 is 0 Å². The summed E-state index contributed by atoms with van der Waals surface area (Å²) in [4.78, 5) is 0. The summed E-state index contributed by atoms with van der Waals surface area (Å²) >= 11 is 0. The average Bonchev–Trinajstić information content (AvgIpc) is 2.98. The molecule has 116 valence electrons. The number of fused-ring (bicyclic) bond motifs is 4. The van der Waals surface area contributed by atoms with Crippen molar-refractivity contribution in [1.29, 1.82) is 0 Å². The Morgan fingerprint density at radius 2 is 1.77 bits per heavy atom. The lowest BCUT2D eigenvalue weighted by Crippen LogP contribution is -2.60. The van der Waals surface area contributed by atoms with E-state index in [1.54, 1.807) is 44.9 Å². The Bertz CT molecular complexity index is 680. The zero-order valence-electron chi connectivity index (χ0n) is 13.8. The average molecular weight is 292 g/mol. The van der Waals surface area contributed by atoms with Gasteiger partial charge >= 0.3 is 0 Å². The van der Waals surface area contributed by atoms with Crippen LogP contribution in [0.4, 0.5) is 0 Å². The normalized spacial score (nSPS) is 87.4. The van der Waals surface area contributed by atoms with Crippen molar-refractivity contribution < 1.29 is 0 Å². The van der Waals surface area contributed by atoms with Crippen molar-refractivity contribution in [3.05, 3.63) is 0 Å². The molecule has 9 aliphatic rings. The lowest BCUT2D eigenvalue weighted by atomic mass is 9.39. The second-order valence-corrected chi connectivity index (χ2v) is 11.6. The summed E-state index contributed by atoms with van der Waals surface area (Å²) in [6.45, 7) is 2.60. The van der Waals surface area contributed by atoms with Crippen LogP contribution in [0.2, 0.25) is 0 Å². The summed E-state index contributed by atoms with van der Waals surface area (Å²) in [5.41, 5.74) is 2.84. The van der Waals surface area contributed by atoms with Gasteiger partial charge in [0, 0.05) is 0 Å². The summed E-state index contributed by atoms with van der Waals surface area (Å²) in [6, 6.07) is 0. The standard InChI is InChI=1S/C22H28/c1-2-21-13-4-3-12-17(13)22(21)18-10-5-6-20(12,18)14-8-9-7-11(15(9)14)16(10)19(21)22/h9-19H,2-8H2,1H3. The molecule has 22 heavy (non-hydrogen) atoms. The van der Waals surface area contributed by atoms with E-state index in [9.17, 15) is 0 Å². The highest BCUT2D eigenvalue weighted by Gasteiger charge is 3.04. The summed E-state index contributed by atoms with van der Waals surface area (Å²) in [5, 5.41) is 0. The van der Waals surface area contributed by atoms with Crippen LogP contribution in [0.5, 0.6) is 0 Å². The van der Waals surface area contributed by atoms with Gasteiger partial charge in [0.15, 0.2) is 0 Å². The van der Waals surface area contributed by atoms with Crippen LogP contribution >= 0.6 is 0 Å². The molecule has 9 fully saturated rings. The second-order valence-electron chi connectivity index (χ2n) is 11.6. The SMILES string of the molecule is CCC12C3CCC4C3C13C1C5CCC41C1CC4CC(C41)C5C23. The molecule has 0 aromatic carbocycles. The summed E-state index contributed by atoms with van der Waals surface area (Å²) in [6.07, 6.45) is 11.7. The molecule has 0 N–H and O–H groups in total. The summed E-state index contributed by atoms with van der Waals surface area (Å²) in [5.74, 6) is 13.8. The van der Waals surface area contributed by atoms with Gasteiger partial charge in [0.25, 0.3) is 0 Å². The lowest BCUT2D eigenvalue weighted by Gasteiger charge is -2.66. The van der Waals surface area contributed by atoms with Crippen molar-refractivity contribution in [2.45, 2.75) is 51.9 Å². The molecule has 0 radical (unpaired) electrons. The van der Waals surface area contributed by atoms with Crippen LogP contribution < -0.4 is 0 Å². The Morgan fingerprint density at radius 1 is 0.864 bits per heavy atom. The van der Waals surface area contributed by atoms with Gasteiger partial charge < -0.3 is 0 Å². The van der Waals surface area contributed by atoms with Gasteiger partial charge in [-0.25, -0.2) is 0 Å². The highest BCUT2D eigenvalue weighted by atomic mass is 15.1. The Balaban J connectivity index is 1.42. The zero-order valence-corrected chi connectivity index (χ0v) is 13.8. The molecule has 0 aromatic rings. The molecule has 0 aromatic heterocycles. The van der Waals surface area contributed by atoms with E-state index in [2.05, 4.69) is 6.92 Å². The van der Waals surface area contributed by atoms with Gasteiger partial charge in [-0.15, -0.1) is 0 Å². The highest BCUT2D eigenvalue weighted by molar-refractivity contribution is 5.51. The summed E-state index contributed by atoms with van der Waals surface area (Å²) < 4.78 is 0. The van der Waals surface area contributed by atoms with Gasteiger partial charge in [-0.3, -0.25) is 0 Å². The minimum Gasteiger partial charge on any atom is -0.0648 e. The Hall–Kier alpha value is 0. The molecule has 0 heteroatoms. The van der Waals surface area contributed by atoms with Gasteiger partial charge in [-0.1, -0.05) is 6.92 Å². The molecule has 14 unspecified atom stereocenters. The monoisotopic (exact) mass is 292 g/mol. The van der Waals surface area contributed by atoms with E-state index in [0.29, 0.717) is 0 Å². The van der Waals surface area contributed by atoms with Crippen LogP contribution in [-0.2, 0) is 0 Å². The molecule has 4 bridgehead atoms. The van der Waals surface area contributed by atoms with Gasteiger partial charge in [-0.2, -0.15) is 0 Å². The minimum absolute atomic E-state index is 0.930. The van der Waals surface area contributed by atoms with Crippen molar-refractivity contribution in [2.24, 2.45) is 81.3 Å². The van der Waals surface area contributed by atoms with Crippen LogP contribution in [0.15, 0.2) is 0 Å². The lowest BCUT2D eigenvalue weighted by molar-refractivity contribution is -0.176. The first-order valence-corrected chi connectivity index (χ1v) is 10.8. The fraction of sp³-hybridized carbons (Fsp3) is 1.00. The smallest absolute Gasteiger partial charge is 0.0128 e. The van der Waals surface area contributed by atoms with E-state index in [1.807, 2.05) is 0 Å². The first-order chi connectivity index (χ1) is 10.8. The van der Waals surface area contributed by atoms with Gasteiger partial charge in [0.05, 0.1) is 0 Å². The van der Waals surface area contributed by atoms with Gasteiger partial charge in [-0.05, 0) is 126 Å². The van der Waals surface area contributed by atoms with Crippen molar-refractivity contribution in [1.82, 2.24) is 0 Å². The van der Waals surface area contributed by atoms with E-state index in [0.717, 1.165) is 16.2 Å². The molecule has 0 amide bonds. The quantitative estimate of drug-likeness (QED) is 0.663.